The Morgan fingerprint density at radius 2 is 1.63 bits per heavy atom. The molecule has 2 aliphatic heterocycles. The Hall–Kier alpha value is -4.66. The molecule has 1 fully saturated rings. The van der Waals surface area contributed by atoms with E-state index in [0.29, 0.717) is 32.6 Å². The summed E-state index contributed by atoms with van der Waals surface area (Å²) in [5.74, 6) is 0.200. The molecule has 81 heavy (non-hydrogen) atoms. The number of ether oxygens (including phenoxy) is 1. The van der Waals surface area contributed by atoms with Crippen LogP contribution in [0.15, 0.2) is 156 Å². The number of nitrogens with zero attached hydrogens (tertiary/aromatic N) is 3. The fourth-order valence-electron chi connectivity index (χ4n) is 13.0. The Labute approximate surface area is 493 Å². The van der Waals surface area contributed by atoms with Crippen LogP contribution in [0.3, 0.4) is 0 Å². The quantitative estimate of drug-likeness (QED) is 0.0240. The molecule has 0 radical (unpaired) electrons. The van der Waals surface area contributed by atoms with Crippen LogP contribution in [0.25, 0.3) is 22.3 Å². The highest BCUT2D eigenvalue weighted by molar-refractivity contribution is 7.62. The summed E-state index contributed by atoms with van der Waals surface area (Å²) in [5.41, 5.74) is 18.4. The number of nitrogens with one attached hydrogen (secondary N) is 3. The van der Waals surface area contributed by atoms with Gasteiger partial charge in [0.2, 0.25) is 0 Å². The fourth-order valence-corrected chi connectivity index (χ4v) is 17.5. The van der Waals surface area contributed by atoms with E-state index < -0.39 is 15.8 Å². The second-order valence-electron chi connectivity index (χ2n) is 24.0. The third-order valence-corrected chi connectivity index (χ3v) is 25.3. The van der Waals surface area contributed by atoms with Crippen molar-refractivity contribution in [3.63, 3.8) is 0 Å². The van der Waals surface area contributed by atoms with E-state index in [0.717, 1.165) is 133 Å². The molecule has 0 amide bonds. The van der Waals surface area contributed by atoms with Gasteiger partial charge in [-0.2, -0.15) is 0 Å². The molecule has 0 bridgehead atoms. The summed E-state index contributed by atoms with van der Waals surface area (Å²) in [5, 5.41) is 17.3. The first kappa shape index (κ1) is 62.4. The third-order valence-electron chi connectivity index (χ3n) is 18.1. The van der Waals surface area contributed by atoms with Crippen LogP contribution in [-0.4, -0.2) is 78.9 Å². The highest BCUT2D eigenvalue weighted by Gasteiger charge is 2.39. The van der Waals surface area contributed by atoms with Gasteiger partial charge in [0.1, 0.15) is 0 Å². The van der Waals surface area contributed by atoms with E-state index in [9.17, 15) is 4.79 Å². The minimum atomic E-state index is -0.655. The molecule has 8 atom stereocenters. The smallest absolute Gasteiger partial charge is 0.254 e. The van der Waals surface area contributed by atoms with Gasteiger partial charge in [0.25, 0.3) is 5.56 Å². The van der Waals surface area contributed by atoms with E-state index in [2.05, 4.69) is 179 Å². The minimum absolute atomic E-state index is 0.00873. The predicted molar refractivity (Wildman–Crippen MR) is 359 cm³/mol. The summed E-state index contributed by atoms with van der Waals surface area (Å²) in [6.45, 7) is 59.9. The molecular formula is C69H94N6O2P4. The van der Waals surface area contributed by atoms with Crippen molar-refractivity contribution in [2.75, 3.05) is 58.7 Å². The summed E-state index contributed by atoms with van der Waals surface area (Å²) >= 11 is 0. The largest absolute Gasteiger partial charge is 0.384 e. The summed E-state index contributed by atoms with van der Waals surface area (Å²) in [6.07, 6.45) is 14.7. The van der Waals surface area contributed by atoms with Gasteiger partial charge in [0.05, 0.1) is 42.4 Å². The number of unbranched alkanes of at least 4 members (excludes halogenated alkanes) is 2. The zero-order chi connectivity index (χ0) is 58.4. The zero-order valence-electron chi connectivity index (χ0n) is 50.4. The number of likely N-dealkylation sites (tertiary alicyclic amines) is 1. The molecule has 0 spiro atoms. The number of rotatable bonds is 30. The fraction of sp³-hybridized carbons (Fsp3) is 0.449. The van der Waals surface area contributed by atoms with Crippen molar-refractivity contribution < 1.29 is 4.74 Å². The first-order valence-corrected chi connectivity index (χ1v) is 36.0. The first-order valence-electron chi connectivity index (χ1n) is 29.6. The Morgan fingerprint density at radius 1 is 0.889 bits per heavy atom. The van der Waals surface area contributed by atoms with Gasteiger partial charge in [-0.05, 0) is 153 Å². The van der Waals surface area contributed by atoms with E-state index >= 15 is 0 Å². The van der Waals surface area contributed by atoms with Crippen LogP contribution in [0, 0.1) is 12.3 Å². The van der Waals surface area contributed by atoms with Crippen molar-refractivity contribution >= 4 is 49.2 Å². The molecule has 8 unspecified atom stereocenters. The predicted octanol–water partition coefficient (Wildman–Crippen LogP) is 16.1. The molecule has 12 heteroatoms. The van der Waals surface area contributed by atoms with E-state index in [1.54, 1.807) is 0 Å². The van der Waals surface area contributed by atoms with Crippen LogP contribution in [0.2, 0.25) is 0 Å². The SMILES string of the molecule is C=C(CP(C)C(=C)CCCCCN1C(=C)CC(C)(CCC)C1=C)NCC(=C)P(C)C(Cc1ccccc1)C(=C)NCC(=C)P(C)COCC(=C)NC1CCc2c(C)c(P)cc3nc4c(c1c23)Cn1c-4cc2c(c1=O)CCC(=C)C2CC. The Bertz CT molecular complexity index is 3210. The van der Waals surface area contributed by atoms with Gasteiger partial charge in [-0.3, -0.25) is 4.79 Å². The van der Waals surface area contributed by atoms with Crippen molar-refractivity contribution in [2.45, 2.75) is 135 Å². The molecule has 2 aliphatic carbocycles. The summed E-state index contributed by atoms with van der Waals surface area (Å²) in [7, 11) is 1.25. The topological polar surface area (TPSA) is 83.4 Å². The molecule has 4 aromatic rings. The zero-order valence-corrected chi connectivity index (χ0v) is 54.2. The van der Waals surface area contributed by atoms with Crippen molar-refractivity contribution in [1.82, 2.24) is 30.4 Å². The molecule has 0 saturated carbocycles. The van der Waals surface area contributed by atoms with E-state index in [-0.39, 0.29) is 36.5 Å². The standard InChI is InChI=1S/C69H94N6O2P4/c1-17-32-69(13)37-47(6)74(53(69)12)33-24-20-21-25-48(7)79(14)42-46(5)70-39-50(9)81(16)64(34-54-26-22-19-23-27-54)52(11)71-38-49(8)80(15)43-77-41-45(4)72-60-31-30-56-51(10)63(78)36-61-65(56)66(60)59-40-75-62(67(59)73-61)35-58-55(18-2)44(3)28-29-57(58)68(75)76/h19,22-23,26-27,35-36,55,60,64,70-72H,3-9,11-12,17-18,20-21,24-25,28-34,37-43,78H2,1-2,10,13-16H3. The number of aryl methyl sites for hydroxylation is 1. The highest BCUT2D eigenvalue weighted by Crippen LogP contribution is 2.51. The van der Waals surface area contributed by atoms with Crippen LogP contribution in [0.5, 0.6) is 0 Å². The van der Waals surface area contributed by atoms with E-state index in [1.165, 1.54) is 79.8 Å². The highest BCUT2D eigenvalue weighted by atomic mass is 31.1. The normalized spacial score (nSPS) is 19.6. The summed E-state index contributed by atoms with van der Waals surface area (Å²) in [6, 6.07) is 15.2. The van der Waals surface area contributed by atoms with Crippen LogP contribution in [-0.2, 0) is 30.5 Å². The number of hydrogen-bond acceptors (Lipinski definition) is 7. The molecule has 3 N–H and O–H groups in total. The lowest BCUT2D eigenvalue weighted by molar-refractivity contribution is 0.199. The molecule has 4 aliphatic rings. The molecule has 432 valence electrons. The summed E-state index contributed by atoms with van der Waals surface area (Å²) < 4.78 is 8.43. The van der Waals surface area contributed by atoms with Crippen molar-refractivity contribution in [2.24, 2.45) is 5.41 Å². The number of allylic oxidation sites excluding steroid dienone is 6. The summed E-state index contributed by atoms with van der Waals surface area (Å²) in [4.78, 5) is 22.1. The number of pyridine rings is 2. The number of aromatic nitrogens is 2. The molecule has 8 nitrogen and oxygen atoms in total. The average molecular weight is 1160 g/mol. The van der Waals surface area contributed by atoms with Crippen molar-refractivity contribution in [3.05, 3.63) is 201 Å². The minimum Gasteiger partial charge on any atom is -0.384 e. The van der Waals surface area contributed by atoms with Gasteiger partial charge in [0, 0.05) is 87.8 Å². The van der Waals surface area contributed by atoms with Gasteiger partial charge in [0.15, 0.2) is 0 Å². The Balaban J connectivity index is 0.811. The molecular weight excluding hydrogens is 1070 g/mol. The lowest BCUT2D eigenvalue weighted by Gasteiger charge is -2.31. The molecule has 2 aromatic heterocycles. The maximum atomic E-state index is 14.3. The van der Waals surface area contributed by atoms with Crippen LogP contribution >= 0.6 is 33.0 Å². The van der Waals surface area contributed by atoms with Crippen molar-refractivity contribution in [1.29, 1.82) is 0 Å². The molecule has 1 saturated heterocycles. The van der Waals surface area contributed by atoms with Crippen LogP contribution in [0.4, 0.5) is 0 Å². The van der Waals surface area contributed by atoms with Crippen molar-refractivity contribution in [3.8, 4) is 11.4 Å². The molecule has 2 aromatic carbocycles. The van der Waals surface area contributed by atoms with E-state index in [4.69, 9.17) is 9.72 Å². The van der Waals surface area contributed by atoms with Gasteiger partial charge < -0.3 is 30.2 Å². The monoisotopic (exact) mass is 1160 g/mol. The molecule has 4 heterocycles. The Kier molecular flexibility index (Phi) is 21.1. The first-order chi connectivity index (χ1) is 38.7. The van der Waals surface area contributed by atoms with E-state index in [1.807, 2.05) is 4.57 Å². The van der Waals surface area contributed by atoms with Gasteiger partial charge in [-0.25, -0.2) is 4.98 Å². The maximum absolute atomic E-state index is 14.3. The lowest BCUT2D eigenvalue weighted by Crippen LogP contribution is -2.29. The Morgan fingerprint density at radius 3 is 2.36 bits per heavy atom. The lowest BCUT2D eigenvalue weighted by atomic mass is 9.78. The van der Waals surface area contributed by atoms with Gasteiger partial charge in [-0.15, -0.1) is 9.24 Å². The molecule has 8 rings (SSSR count). The maximum Gasteiger partial charge on any atom is 0.254 e. The number of fused-ring (bicyclic) bond motifs is 5. The second kappa shape index (κ2) is 27.4. The average Bonchev–Trinajstić information content (AvgIpc) is 3.91. The van der Waals surface area contributed by atoms with Gasteiger partial charge in [-0.1, -0.05) is 158 Å². The second-order valence-corrected chi connectivity index (χ2v) is 31.7. The third kappa shape index (κ3) is 14.0. The van der Waals surface area contributed by atoms with Crippen LogP contribution < -0.4 is 26.8 Å². The van der Waals surface area contributed by atoms with Gasteiger partial charge >= 0.3 is 0 Å². The van der Waals surface area contributed by atoms with Crippen LogP contribution in [0.1, 0.15) is 136 Å². The number of hydrogen-bond donors (Lipinski definition) is 3. The number of benzene rings is 2.